The van der Waals surface area contributed by atoms with Gasteiger partial charge in [0.15, 0.2) is 5.78 Å². The molecule has 1 aliphatic heterocycles. The third kappa shape index (κ3) is 6.78. The summed E-state index contributed by atoms with van der Waals surface area (Å²) in [6, 6.07) is 18.9. The Labute approximate surface area is 233 Å². The molecule has 6 nitrogen and oxygen atoms in total. The molecule has 1 N–H and O–H groups in total. The third-order valence-corrected chi connectivity index (χ3v) is 8.42. The van der Waals surface area contributed by atoms with E-state index >= 15 is 0 Å². The summed E-state index contributed by atoms with van der Waals surface area (Å²) in [4.78, 5) is 17.0. The van der Waals surface area contributed by atoms with Crippen LogP contribution in [0.1, 0.15) is 61.0 Å². The molecular weight excluding hydrogens is 510 g/mol. The van der Waals surface area contributed by atoms with E-state index in [1.54, 1.807) is 37.4 Å². The summed E-state index contributed by atoms with van der Waals surface area (Å²) in [5.74, 6) is 1.16. The first-order valence-electron chi connectivity index (χ1n) is 13.6. The minimum Gasteiger partial charge on any atom is -0.508 e. The lowest BCUT2D eigenvalue weighted by atomic mass is 9.94. The molecule has 3 aromatic carbocycles. The number of nitrogens with zero attached hydrogens (tertiary/aromatic N) is 1. The minimum atomic E-state index is -1.63. The van der Waals surface area contributed by atoms with E-state index in [4.69, 9.17) is 9.47 Å². The van der Waals surface area contributed by atoms with Crippen molar-refractivity contribution >= 4 is 27.1 Å². The molecule has 1 heterocycles. The summed E-state index contributed by atoms with van der Waals surface area (Å²) in [5, 5.41) is 10.1. The number of methoxy groups -OCH3 is 1. The van der Waals surface area contributed by atoms with Gasteiger partial charge in [-0.1, -0.05) is 38.8 Å². The molecule has 1 atom stereocenters. The third-order valence-electron chi connectivity index (χ3n) is 6.87. The number of phenols is 1. The second-order valence-electron chi connectivity index (χ2n) is 9.63. The number of aromatic hydroxyl groups is 1. The van der Waals surface area contributed by atoms with Crippen molar-refractivity contribution in [1.82, 2.24) is 4.90 Å². The first-order valence-corrected chi connectivity index (χ1v) is 14.8. The van der Waals surface area contributed by atoms with Gasteiger partial charge in [0, 0.05) is 23.2 Å². The first kappa shape index (κ1) is 28.6. The van der Waals surface area contributed by atoms with Crippen molar-refractivity contribution in [2.75, 3.05) is 33.4 Å². The molecule has 1 unspecified atom stereocenters. The molecule has 0 radical (unpaired) electrons. The van der Waals surface area contributed by atoms with Gasteiger partial charge in [0.25, 0.3) is 0 Å². The average Bonchev–Trinajstić information content (AvgIpc) is 3.25. The van der Waals surface area contributed by atoms with Gasteiger partial charge in [-0.3, -0.25) is 9.69 Å². The Hall–Kier alpha value is -3.42. The topological polar surface area (TPSA) is 76.1 Å². The Balaban J connectivity index is 1.57. The van der Waals surface area contributed by atoms with Gasteiger partial charge in [-0.25, -0.2) is 4.21 Å². The van der Waals surface area contributed by atoms with Crippen LogP contribution in [0.4, 0.5) is 0 Å². The molecule has 0 aliphatic carbocycles. The molecule has 39 heavy (non-hydrogen) atoms. The number of ether oxygens (including phenoxy) is 2. The standard InChI is InChI=1S/C32H37NO5S/c1-4-6-18-33(19-7-5-2)20-21-38-27-15-10-24(11-16-27)32-30(28-17-12-25(34)22-29(28)39(32)36)31(35)23-8-13-26(37-3)14-9-23/h8-17,22,34H,4-7,18-21H2,1-3H3. The SMILES string of the molecule is CCCCN(CCCC)CCOc1ccc(C2=C(C(=O)c3ccc(OC)cc3)c3ccc(O)cc3S2=O)cc1. The highest BCUT2D eigenvalue weighted by molar-refractivity contribution is 7.95. The lowest BCUT2D eigenvalue weighted by Gasteiger charge is -2.22. The highest BCUT2D eigenvalue weighted by Gasteiger charge is 2.34. The predicted octanol–water partition coefficient (Wildman–Crippen LogP) is 6.55. The highest BCUT2D eigenvalue weighted by atomic mass is 32.2. The van der Waals surface area contributed by atoms with Crippen LogP contribution in [0.5, 0.6) is 17.2 Å². The van der Waals surface area contributed by atoms with Crippen molar-refractivity contribution in [2.45, 2.75) is 44.4 Å². The number of rotatable bonds is 14. The Morgan fingerprint density at radius 2 is 1.51 bits per heavy atom. The molecule has 0 aromatic heterocycles. The molecule has 3 aromatic rings. The fraction of sp³-hybridized carbons (Fsp3) is 0.344. The molecule has 0 saturated carbocycles. The molecule has 0 bridgehead atoms. The monoisotopic (exact) mass is 547 g/mol. The second kappa shape index (κ2) is 13.6. The fourth-order valence-corrected chi connectivity index (χ4v) is 6.21. The van der Waals surface area contributed by atoms with E-state index in [1.807, 2.05) is 24.3 Å². The van der Waals surface area contributed by atoms with Crippen LogP contribution < -0.4 is 9.47 Å². The highest BCUT2D eigenvalue weighted by Crippen LogP contribution is 2.44. The maximum Gasteiger partial charge on any atom is 0.194 e. The number of hydrogen-bond acceptors (Lipinski definition) is 6. The zero-order valence-electron chi connectivity index (χ0n) is 22.9. The van der Waals surface area contributed by atoms with E-state index in [0.717, 1.165) is 25.4 Å². The van der Waals surface area contributed by atoms with E-state index in [2.05, 4.69) is 18.7 Å². The molecule has 7 heteroatoms. The molecular formula is C32H37NO5S. The summed E-state index contributed by atoms with van der Waals surface area (Å²) < 4.78 is 24.9. The Bertz CT molecular complexity index is 1320. The zero-order valence-corrected chi connectivity index (χ0v) is 23.8. The van der Waals surface area contributed by atoms with Gasteiger partial charge in [0.1, 0.15) is 23.9 Å². The van der Waals surface area contributed by atoms with Crippen molar-refractivity contribution < 1.29 is 23.6 Å². The zero-order chi connectivity index (χ0) is 27.8. The van der Waals surface area contributed by atoms with Gasteiger partial charge in [0.05, 0.1) is 27.7 Å². The second-order valence-corrected chi connectivity index (χ2v) is 11.0. The van der Waals surface area contributed by atoms with Crippen LogP contribution in [0, 0.1) is 0 Å². The molecule has 0 saturated heterocycles. The maximum absolute atomic E-state index is 13.7. The predicted molar refractivity (Wildman–Crippen MR) is 157 cm³/mol. The number of allylic oxidation sites excluding steroid dienone is 1. The van der Waals surface area contributed by atoms with Crippen LogP contribution in [0.15, 0.2) is 71.6 Å². The van der Waals surface area contributed by atoms with Gasteiger partial charge >= 0.3 is 0 Å². The summed E-state index contributed by atoms with van der Waals surface area (Å²) in [5.41, 5.74) is 2.10. The quantitative estimate of drug-likeness (QED) is 0.231. The number of fused-ring (bicyclic) bond motifs is 1. The minimum absolute atomic E-state index is 0.00950. The van der Waals surface area contributed by atoms with Crippen molar-refractivity contribution in [2.24, 2.45) is 0 Å². The van der Waals surface area contributed by atoms with Gasteiger partial charge in [-0.05, 0) is 86.1 Å². The molecule has 0 amide bonds. The lowest BCUT2D eigenvalue weighted by Crippen LogP contribution is -2.30. The smallest absolute Gasteiger partial charge is 0.194 e. The van der Waals surface area contributed by atoms with Crippen LogP contribution in [0.3, 0.4) is 0 Å². The molecule has 0 spiro atoms. The summed E-state index contributed by atoms with van der Waals surface area (Å²) in [7, 11) is -0.0536. The fourth-order valence-electron chi connectivity index (χ4n) is 4.65. The maximum atomic E-state index is 13.7. The Kier molecular flexibility index (Phi) is 9.96. The molecule has 1 aliphatic rings. The number of carbonyl (C=O) groups is 1. The average molecular weight is 548 g/mol. The van der Waals surface area contributed by atoms with Gasteiger partial charge < -0.3 is 14.6 Å². The molecule has 206 valence electrons. The Morgan fingerprint density at radius 3 is 2.13 bits per heavy atom. The number of phenolic OH excluding ortho intramolecular Hbond substituents is 1. The van der Waals surface area contributed by atoms with E-state index in [1.165, 1.54) is 37.8 Å². The van der Waals surface area contributed by atoms with E-state index < -0.39 is 10.8 Å². The van der Waals surface area contributed by atoms with Crippen molar-refractivity contribution in [3.8, 4) is 17.2 Å². The van der Waals surface area contributed by atoms with Crippen LogP contribution in [0.25, 0.3) is 10.5 Å². The first-order chi connectivity index (χ1) is 19.0. The number of unbranched alkanes of at least 4 members (excludes halogenated alkanes) is 2. The summed E-state index contributed by atoms with van der Waals surface area (Å²) in [6.45, 7) is 8.05. The number of ketones is 1. The number of hydrogen-bond donors (Lipinski definition) is 1. The van der Waals surface area contributed by atoms with Crippen molar-refractivity contribution in [1.29, 1.82) is 0 Å². The lowest BCUT2D eigenvalue weighted by molar-refractivity contribution is 0.105. The Morgan fingerprint density at radius 1 is 0.872 bits per heavy atom. The number of benzene rings is 3. The van der Waals surface area contributed by atoms with Gasteiger partial charge in [0.2, 0.25) is 0 Å². The molecule has 4 rings (SSSR count). The van der Waals surface area contributed by atoms with Gasteiger partial charge in [-0.15, -0.1) is 0 Å². The summed E-state index contributed by atoms with van der Waals surface area (Å²) in [6.07, 6.45) is 4.72. The van der Waals surface area contributed by atoms with Crippen molar-refractivity contribution in [3.05, 3.63) is 83.4 Å². The van der Waals surface area contributed by atoms with Crippen LogP contribution in [0.2, 0.25) is 0 Å². The molecule has 0 fully saturated rings. The summed E-state index contributed by atoms with van der Waals surface area (Å²) >= 11 is 0. The van der Waals surface area contributed by atoms with Crippen LogP contribution in [-0.2, 0) is 10.8 Å². The van der Waals surface area contributed by atoms with E-state index in [-0.39, 0.29) is 11.5 Å². The largest absolute Gasteiger partial charge is 0.508 e. The van der Waals surface area contributed by atoms with Crippen LogP contribution >= 0.6 is 0 Å². The van der Waals surface area contributed by atoms with Crippen LogP contribution in [-0.4, -0.2) is 53.3 Å². The normalized spacial score (nSPS) is 14.5. The van der Waals surface area contributed by atoms with Crippen molar-refractivity contribution in [3.63, 3.8) is 0 Å². The number of Topliss-reactive ketones (excluding diaryl/α,β-unsaturated/α-hetero) is 1. The number of carbonyl (C=O) groups excluding carboxylic acids is 1. The van der Waals surface area contributed by atoms with E-state index in [9.17, 15) is 14.1 Å². The van der Waals surface area contributed by atoms with Gasteiger partial charge in [-0.2, -0.15) is 0 Å². The van der Waals surface area contributed by atoms with E-state index in [0.29, 0.717) is 44.4 Å².